The second-order valence-corrected chi connectivity index (χ2v) is 7.36. The van der Waals surface area contributed by atoms with Crippen molar-refractivity contribution in [2.75, 3.05) is 6.61 Å². The molecule has 22 heavy (non-hydrogen) atoms. The highest BCUT2D eigenvalue weighted by Crippen LogP contribution is 2.36. The third-order valence-electron chi connectivity index (χ3n) is 4.49. The van der Waals surface area contributed by atoms with Gasteiger partial charge < -0.3 is 10.2 Å². The topological polar surface area (TPSA) is 53.4 Å². The maximum Gasteiger partial charge on any atom is 0.138 e. The van der Waals surface area contributed by atoms with Gasteiger partial charge in [0, 0.05) is 28.2 Å². The molecule has 2 N–H and O–H groups in total. The number of aromatic nitrogens is 1. The predicted molar refractivity (Wildman–Crippen MR) is 90.3 cm³/mol. The lowest BCUT2D eigenvalue weighted by atomic mass is 9.77. The minimum absolute atomic E-state index is 0.0286. The molecular formula is C19H23NO2. The third-order valence-corrected chi connectivity index (χ3v) is 4.49. The zero-order chi connectivity index (χ0) is 16.1. The maximum absolute atomic E-state index is 10.4. The Morgan fingerprint density at radius 1 is 1.14 bits per heavy atom. The molecule has 0 spiro atoms. The van der Waals surface area contributed by atoms with Crippen LogP contribution in [0.3, 0.4) is 0 Å². The lowest BCUT2D eigenvalue weighted by molar-refractivity contribution is 0.299. The summed E-state index contributed by atoms with van der Waals surface area (Å²) < 4.78 is 0. The highest BCUT2D eigenvalue weighted by Gasteiger charge is 2.29. The quantitative estimate of drug-likeness (QED) is 0.881. The summed E-state index contributed by atoms with van der Waals surface area (Å²) in [5.41, 5.74) is 2.51. The van der Waals surface area contributed by atoms with Crippen LogP contribution in [-0.4, -0.2) is 21.8 Å². The summed E-state index contributed by atoms with van der Waals surface area (Å²) in [6.07, 6.45) is 8.81. The molecular weight excluding hydrogens is 274 g/mol. The summed E-state index contributed by atoms with van der Waals surface area (Å²) in [6.45, 7) is 8.48. The molecule has 2 aliphatic carbocycles. The standard InChI is InChI=1S/C19H23NO2/c1-18(2)7-5-12-9-13-14(6-8-21)19(3,4)11-16(22)17(13)20-15(12)10-18/h5,7,9-11,21-22H,6,8H2,1-4H3. The summed E-state index contributed by atoms with van der Waals surface area (Å²) in [5, 5.41) is 21.7. The van der Waals surface area contributed by atoms with Crippen LogP contribution in [0.1, 0.15) is 45.4 Å². The molecule has 0 bridgehead atoms. The molecule has 3 rings (SSSR count). The Morgan fingerprint density at radius 2 is 1.86 bits per heavy atom. The van der Waals surface area contributed by atoms with E-state index in [0.29, 0.717) is 12.1 Å². The van der Waals surface area contributed by atoms with Crippen LogP contribution in [0.15, 0.2) is 18.2 Å². The largest absolute Gasteiger partial charge is 0.506 e. The number of aliphatic hydroxyl groups excluding tert-OH is 2. The molecule has 1 aromatic rings. The second kappa shape index (κ2) is 4.82. The number of pyridine rings is 1. The third kappa shape index (κ3) is 2.40. The van der Waals surface area contributed by atoms with Crippen molar-refractivity contribution in [3.8, 4) is 0 Å². The van der Waals surface area contributed by atoms with E-state index in [4.69, 9.17) is 4.98 Å². The van der Waals surface area contributed by atoms with Crippen molar-refractivity contribution >= 4 is 23.5 Å². The highest BCUT2D eigenvalue weighted by atomic mass is 16.3. The molecule has 1 aromatic heterocycles. The van der Waals surface area contributed by atoms with E-state index in [1.165, 1.54) is 0 Å². The first-order valence-electron chi connectivity index (χ1n) is 7.73. The fourth-order valence-electron chi connectivity index (χ4n) is 3.34. The van der Waals surface area contributed by atoms with E-state index in [1.807, 2.05) is 6.08 Å². The van der Waals surface area contributed by atoms with Gasteiger partial charge >= 0.3 is 0 Å². The molecule has 0 aliphatic heterocycles. The number of rotatable bonds is 2. The van der Waals surface area contributed by atoms with Gasteiger partial charge in [-0.1, -0.05) is 39.8 Å². The number of fused-ring (bicyclic) bond motifs is 2. The average molecular weight is 297 g/mol. The van der Waals surface area contributed by atoms with Gasteiger partial charge in [0.15, 0.2) is 0 Å². The molecule has 2 aliphatic rings. The Balaban J connectivity index is 2.37. The van der Waals surface area contributed by atoms with E-state index < -0.39 is 0 Å². The SMILES string of the molecule is CC1(C)C=Cc2cc3c(nc2=C1)C(O)=CC(C)(C)C=3CCO. The van der Waals surface area contributed by atoms with Gasteiger partial charge in [-0.2, -0.15) is 0 Å². The number of aliphatic hydroxyl groups is 2. The monoisotopic (exact) mass is 297 g/mol. The first kappa shape index (κ1) is 15.0. The summed E-state index contributed by atoms with van der Waals surface area (Å²) in [4.78, 5) is 4.70. The van der Waals surface area contributed by atoms with Gasteiger partial charge in [0.05, 0.1) is 5.35 Å². The van der Waals surface area contributed by atoms with E-state index in [9.17, 15) is 10.2 Å². The van der Waals surface area contributed by atoms with Crippen molar-refractivity contribution in [3.63, 3.8) is 0 Å². The number of nitrogens with zero attached hydrogens (tertiary/aromatic N) is 1. The Bertz CT molecular complexity index is 811. The van der Waals surface area contributed by atoms with Gasteiger partial charge in [-0.15, -0.1) is 0 Å². The fourth-order valence-corrected chi connectivity index (χ4v) is 3.34. The van der Waals surface area contributed by atoms with Gasteiger partial charge in [0.1, 0.15) is 11.5 Å². The average Bonchev–Trinajstić information content (AvgIpc) is 2.40. The highest BCUT2D eigenvalue weighted by molar-refractivity contribution is 5.72. The first-order chi connectivity index (χ1) is 10.2. The van der Waals surface area contributed by atoms with E-state index in [1.54, 1.807) is 0 Å². The smallest absolute Gasteiger partial charge is 0.138 e. The van der Waals surface area contributed by atoms with Crippen LogP contribution in [0.5, 0.6) is 0 Å². The minimum Gasteiger partial charge on any atom is -0.506 e. The Hall–Kier alpha value is -1.87. The predicted octanol–water partition coefficient (Wildman–Crippen LogP) is 2.39. The van der Waals surface area contributed by atoms with Crippen molar-refractivity contribution in [2.24, 2.45) is 10.8 Å². The Morgan fingerprint density at radius 3 is 2.55 bits per heavy atom. The van der Waals surface area contributed by atoms with Gasteiger partial charge in [-0.05, 0) is 30.2 Å². The molecule has 0 fully saturated rings. The first-order valence-corrected chi connectivity index (χ1v) is 7.73. The molecule has 0 saturated heterocycles. The molecule has 0 amide bonds. The van der Waals surface area contributed by atoms with Crippen LogP contribution in [-0.2, 0) is 0 Å². The molecule has 3 nitrogen and oxygen atoms in total. The number of hydrogen-bond donors (Lipinski definition) is 2. The zero-order valence-electron chi connectivity index (χ0n) is 13.6. The van der Waals surface area contributed by atoms with E-state index in [-0.39, 0.29) is 23.2 Å². The molecule has 0 radical (unpaired) electrons. The molecule has 116 valence electrons. The van der Waals surface area contributed by atoms with Crippen LogP contribution in [0.2, 0.25) is 0 Å². The molecule has 0 atom stereocenters. The maximum atomic E-state index is 10.4. The van der Waals surface area contributed by atoms with Crippen LogP contribution >= 0.6 is 0 Å². The molecule has 0 aromatic carbocycles. The fraction of sp³-hybridized carbons (Fsp3) is 0.421. The summed E-state index contributed by atoms with van der Waals surface area (Å²) in [6, 6.07) is 2.09. The van der Waals surface area contributed by atoms with Crippen LogP contribution < -0.4 is 10.6 Å². The van der Waals surface area contributed by atoms with Crippen LogP contribution in [0.25, 0.3) is 23.5 Å². The lowest BCUT2D eigenvalue weighted by Gasteiger charge is -2.29. The number of hydrogen-bond acceptors (Lipinski definition) is 3. The van der Waals surface area contributed by atoms with Crippen molar-refractivity contribution in [2.45, 2.75) is 34.1 Å². The summed E-state index contributed by atoms with van der Waals surface area (Å²) >= 11 is 0. The van der Waals surface area contributed by atoms with Gasteiger partial charge in [-0.25, -0.2) is 4.98 Å². The van der Waals surface area contributed by atoms with Crippen LogP contribution in [0.4, 0.5) is 0 Å². The number of allylic oxidation sites excluding steroid dienone is 2. The Kier molecular flexibility index (Phi) is 3.29. The van der Waals surface area contributed by atoms with Crippen molar-refractivity contribution in [3.05, 3.63) is 40.0 Å². The normalized spacial score (nSPS) is 20.8. The van der Waals surface area contributed by atoms with E-state index >= 15 is 0 Å². The van der Waals surface area contributed by atoms with Crippen molar-refractivity contribution < 1.29 is 10.2 Å². The van der Waals surface area contributed by atoms with Gasteiger partial charge in [-0.3, -0.25) is 0 Å². The zero-order valence-corrected chi connectivity index (χ0v) is 13.6. The Labute approximate surface area is 131 Å². The van der Waals surface area contributed by atoms with Crippen molar-refractivity contribution in [1.82, 2.24) is 4.98 Å². The molecule has 3 heteroatoms. The van der Waals surface area contributed by atoms with E-state index in [2.05, 4.69) is 52.0 Å². The van der Waals surface area contributed by atoms with Crippen molar-refractivity contribution in [1.29, 1.82) is 0 Å². The lowest BCUT2D eigenvalue weighted by Crippen LogP contribution is -2.33. The van der Waals surface area contributed by atoms with Gasteiger partial charge in [0.25, 0.3) is 0 Å². The van der Waals surface area contributed by atoms with Gasteiger partial charge in [0.2, 0.25) is 0 Å². The minimum atomic E-state index is -0.281. The summed E-state index contributed by atoms with van der Waals surface area (Å²) in [7, 11) is 0. The van der Waals surface area contributed by atoms with Crippen LogP contribution in [0, 0.1) is 10.8 Å². The molecule has 0 saturated carbocycles. The second-order valence-electron chi connectivity index (χ2n) is 7.36. The van der Waals surface area contributed by atoms with E-state index in [0.717, 1.165) is 21.7 Å². The summed E-state index contributed by atoms with van der Waals surface area (Å²) in [5.74, 6) is 0.227. The molecule has 1 heterocycles. The molecule has 0 unspecified atom stereocenters.